The normalized spacial score (nSPS) is 10.2. The molecule has 2 aromatic rings. The van der Waals surface area contributed by atoms with Gasteiger partial charge in [0.2, 0.25) is 0 Å². The van der Waals surface area contributed by atoms with Gasteiger partial charge in [0.15, 0.2) is 0 Å². The van der Waals surface area contributed by atoms with Crippen molar-refractivity contribution in [1.82, 2.24) is 4.98 Å². The minimum atomic E-state index is -0.386. The van der Waals surface area contributed by atoms with E-state index < -0.39 is 0 Å². The summed E-state index contributed by atoms with van der Waals surface area (Å²) in [5.41, 5.74) is 3.24. The molecule has 20 heavy (non-hydrogen) atoms. The van der Waals surface area contributed by atoms with E-state index in [1.165, 1.54) is 13.3 Å². The second-order valence-electron chi connectivity index (χ2n) is 4.30. The monoisotopic (exact) mass is 290 g/mol. The summed E-state index contributed by atoms with van der Waals surface area (Å²) >= 11 is 6.06. The third-order valence-electron chi connectivity index (χ3n) is 2.97. The summed E-state index contributed by atoms with van der Waals surface area (Å²) < 4.78 is 4.63. The molecule has 0 saturated carbocycles. The molecule has 4 nitrogen and oxygen atoms in total. The number of halogens is 1. The zero-order chi connectivity index (χ0) is 14.5. The first kappa shape index (κ1) is 14.3. The molecule has 0 amide bonds. The highest BCUT2D eigenvalue weighted by molar-refractivity contribution is 6.31. The summed E-state index contributed by atoms with van der Waals surface area (Å²) in [6, 6.07) is 9.20. The number of carbonyl (C=O) groups is 1. The third kappa shape index (κ3) is 3.27. The van der Waals surface area contributed by atoms with Crippen LogP contribution in [0.25, 0.3) is 0 Å². The number of pyridine rings is 1. The van der Waals surface area contributed by atoms with Crippen LogP contribution >= 0.6 is 11.6 Å². The van der Waals surface area contributed by atoms with Crippen molar-refractivity contribution in [2.45, 2.75) is 13.5 Å². The van der Waals surface area contributed by atoms with Gasteiger partial charge in [-0.15, -0.1) is 0 Å². The summed E-state index contributed by atoms with van der Waals surface area (Å²) in [6.07, 6.45) is 1.51. The van der Waals surface area contributed by atoms with Crippen molar-refractivity contribution >= 4 is 23.3 Å². The minimum absolute atomic E-state index is 0.386. The molecule has 0 atom stereocenters. The topological polar surface area (TPSA) is 51.2 Å². The van der Waals surface area contributed by atoms with Crippen LogP contribution in [-0.4, -0.2) is 18.1 Å². The number of carbonyl (C=O) groups excluding carboxylic acids is 1. The first-order valence-corrected chi connectivity index (χ1v) is 6.52. The lowest BCUT2D eigenvalue weighted by atomic mass is 10.2. The van der Waals surface area contributed by atoms with E-state index in [-0.39, 0.29) is 5.97 Å². The highest BCUT2D eigenvalue weighted by Crippen LogP contribution is 2.23. The molecule has 0 fully saturated rings. The zero-order valence-electron chi connectivity index (χ0n) is 11.3. The lowest BCUT2D eigenvalue weighted by molar-refractivity contribution is 0.0600. The maximum atomic E-state index is 11.3. The van der Waals surface area contributed by atoms with E-state index in [0.29, 0.717) is 12.1 Å². The Balaban J connectivity index is 2.04. The first-order valence-electron chi connectivity index (χ1n) is 6.14. The van der Waals surface area contributed by atoms with Crippen LogP contribution in [0, 0.1) is 6.92 Å². The van der Waals surface area contributed by atoms with Gasteiger partial charge >= 0.3 is 5.97 Å². The Hall–Kier alpha value is -2.07. The number of esters is 1. The van der Waals surface area contributed by atoms with Crippen LogP contribution in [0.4, 0.5) is 5.69 Å². The van der Waals surface area contributed by atoms with Gasteiger partial charge in [0.25, 0.3) is 0 Å². The Morgan fingerprint density at radius 1 is 1.35 bits per heavy atom. The van der Waals surface area contributed by atoms with Gasteiger partial charge in [-0.05, 0) is 36.8 Å². The largest absolute Gasteiger partial charge is 0.465 e. The fourth-order valence-electron chi connectivity index (χ4n) is 1.75. The Kier molecular flexibility index (Phi) is 4.58. The molecular formula is C15H15ClN2O2. The standard InChI is InChI=1S/C15H15ClN2O2/c1-10-13(16)4-3-5-14(10)18-9-12-7-6-11(8-17-12)15(19)20-2/h3-8,18H,9H2,1-2H3. The van der Waals surface area contributed by atoms with Gasteiger partial charge in [-0.1, -0.05) is 17.7 Å². The Bertz CT molecular complexity index is 612. The fraction of sp³-hybridized carbons (Fsp3) is 0.200. The number of rotatable bonds is 4. The summed E-state index contributed by atoms with van der Waals surface area (Å²) in [7, 11) is 1.35. The summed E-state index contributed by atoms with van der Waals surface area (Å²) in [4.78, 5) is 15.5. The summed E-state index contributed by atoms with van der Waals surface area (Å²) in [6.45, 7) is 2.51. The highest BCUT2D eigenvalue weighted by atomic mass is 35.5. The van der Waals surface area contributed by atoms with E-state index in [4.69, 9.17) is 11.6 Å². The lowest BCUT2D eigenvalue weighted by Crippen LogP contribution is -2.06. The lowest BCUT2D eigenvalue weighted by Gasteiger charge is -2.10. The second kappa shape index (κ2) is 6.39. The van der Waals surface area contributed by atoms with Crippen LogP contribution in [-0.2, 0) is 11.3 Å². The predicted octanol–water partition coefficient (Wildman–Crippen LogP) is 3.44. The molecule has 0 bridgehead atoms. The van der Waals surface area contributed by atoms with Gasteiger partial charge in [0.05, 0.1) is 24.9 Å². The number of hydrogen-bond acceptors (Lipinski definition) is 4. The van der Waals surface area contributed by atoms with E-state index >= 15 is 0 Å². The molecule has 0 spiro atoms. The Labute approximate surface area is 122 Å². The number of aromatic nitrogens is 1. The van der Waals surface area contributed by atoms with Crippen LogP contribution in [0.2, 0.25) is 5.02 Å². The third-order valence-corrected chi connectivity index (χ3v) is 3.38. The number of hydrogen-bond donors (Lipinski definition) is 1. The molecule has 1 heterocycles. The molecule has 0 aliphatic carbocycles. The van der Waals surface area contributed by atoms with Gasteiger partial charge < -0.3 is 10.1 Å². The fourth-order valence-corrected chi connectivity index (χ4v) is 1.93. The number of methoxy groups -OCH3 is 1. The molecule has 0 aliphatic rings. The number of ether oxygens (including phenoxy) is 1. The molecule has 0 unspecified atom stereocenters. The molecular weight excluding hydrogens is 276 g/mol. The average Bonchev–Trinajstić information content (AvgIpc) is 2.48. The van der Waals surface area contributed by atoms with Crippen molar-refractivity contribution in [2.75, 3.05) is 12.4 Å². The smallest absolute Gasteiger partial charge is 0.339 e. The number of anilines is 1. The molecule has 0 radical (unpaired) electrons. The van der Waals surface area contributed by atoms with Crippen molar-refractivity contribution in [1.29, 1.82) is 0 Å². The molecule has 0 saturated heterocycles. The molecule has 2 rings (SSSR count). The van der Waals surface area contributed by atoms with Crippen LogP contribution in [0.5, 0.6) is 0 Å². The molecule has 1 N–H and O–H groups in total. The predicted molar refractivity (Wildman–Crippen MR) is 79.1 cm³/mol. The summed E-state index contributed by atoms with van der Waals surface area (Å²) in [5, 5.41) is 4.00. The Morgan fingerprint density at radius 3 is 2.80 bits per heavy atom. The Morgan fingerprint density at radius 2 is 2.15 bits per heavy atom. The SMILES string of the molecule is COC(=O)c1ccc(CNc2cccc(Cl)c2C)nc1. The zero-order valence-corrected chi connectivity index (χ0v) is 12.1. The van der Waals surface area contributed by atoms with Crippen molar-refractivity contribution in [2.24, 2.45) is 0 Å². The van der Waals surface area contributed by atoms with Crippen LogP contribution < -0.4 is 5.32 Å². The quantitative estimate of drug-likeness (QED) is 0.876. The minimum Gasteiger partial charge on any atom is -0.465 e. The molecule has 5 heteroatoms. The molecule has 1 aromatic carbocycles. The van der Waals surface area contributed by atoms with Gasteiger partial charge in [-0.25, -0.2) is 4.79 Å². The number of benzene rings is 1. The van der Waals surface area contributed by atoms with Crippen LogP contribution in [0.15, 0.2) is 36.5 Å². The van der Waals surface area contributed by atoms with Crippen molar-refractivity contribution < 1.29 is 9.53 Å². The molecule has 1 aromatic heterocycles. The van der Waals surface area contributed by atoms with E-state index in [1.54, 1.807) is 12.1 Å². The second-order valence-corrected chi connectivity index (χ2v) is 4.70. The molecule has 0 aliphatic heterocycles. The van der Waals surface area contributed by atoms with E-state index in [1.807, 2.05) is 25.1 Å². The number of nitrogens with zero attached hydrogens (tertiary/aromatic N) is 1. The van der Waals surface area contributed by atoms with E-state index in [2.05, 4.69) is 15.0 Å². The van der Waals surface area contributed by atoms with Gasteiger partial charge in [-0.3, -0.25) is 4.98 Å². The van der Waals surface area contributed by atoms with Gasteiger partial charge in [0.1, 0.15) is 0 Å². The number of nitrogens with one attached hydrogen (secondary N) is 1. The van der Waals surface area contributed by atoms with E-state index in [0.717, 1.165) is 22.0 Å². The van der Waals surface area contributed by atoms with Crippen LogP contribution in [0.1, 0.15) is 21.6 Å². The maximum absolute atomic E-state index is 11.3. The first-order chi connectivity index (χ1) is 9.61. The highest BCUT2D eigenvalue weighted by Gasteiger charge is 2.06. The van der Waals surface area contributed by atoms with Crippen LogP contribution in [0.3, 0.4) is 0 Å². The average molecular weight is 291 g/mol. The van der Waals surface area contributed by atoms with E-state index in [9.17, 15) is 4.79 Å². The maximum Gasteiger partial charge on any atom is 0.339 e. The van der Waals surface area contributed by atoms with Gasteiger partial charge in [0, 0.05) is 16.9 Å². The van der Waals surface area contributed by atoms with Crippen molar-refractivity contribution in [3.63, 3.8) is 0 Å². The summed E-state index contributed by atoms with van der Waals surface area (Å²) in [5.74, 6) is -0.386. The van der Waals surface area contributed by atoms with Crippen molar-refractivity contribution in [3.8, 4) is 0 Å². The van der Waals surface area contributed by atoms with Gasteiger partial charge in [-0.2, -0.15) is 0 Å². The molecule has 104 valence electrons. The van der Waals surface area contributed by atoms with Crippen molar-refractivity contribution in [3.05, 3.63) is 58.4 Å².